The molecule has 1 aromatic rings. The van der Waals surface area contributed by atoms with Crippen LogP contribution in [0.25, 0.3) is 22.6 Å². The Morgan fingerprint density at radius 2 is 2.16 bits per heavy atom. The second-order valence-electron chi connectivity index (χ2n) is 4.23. The summed E-state index contributed by atoms with van der Waals surface area (Å²) in [4.78, 5) is 16.0. The zero-order valence-electron chi connectivity index (χ0n) is 10.2. The Hall–Kier alpha value is -2.40. The highest BCUT2D eigenvalue weighted by atomic mass is 16.5. The van der Waals surface area contributed by atoms with Crippen molar-refractivity contribution in [2.45, 2.75) is 6.61 Å². The molecule has 5 nitrogen and oxygen atoms in total. The molecule has 1 heterocycles. The van der Waals surface area contributed by atoms with E-state index < -0.39 is 0 Å². The molecule has 0 bridgehead atoms. The summed E-state index contributed by atoms with van der Waals surface area (Å²) in [5.74, 6) is 0.477. The van der Waals surface area contributed by atoms with E-state index in [2.05, 4.69) is 4.98 Å². The van der Waals surface area contributed by atoms with Crippen LogP contribution >= 0.6 is 0 Å². The third-order valence-electron chi connectivity index (χ3n) is 2.82. The van der Waals surface area contributed by atoms with E-state index in [4.69, 9.17) is 9.15 Å². The highest BCUT2D eigenvalue weighted by Crippen LogP contribution is 2.28. The van der Waals surface area contributed by atoms with Crippen molar-refractivity contribution < 1.29 is 14.3 Å². The Morgan fingerprint density at radius 1 is 1.32 bits per heavy atom. The molecule has 3 rings (SSSR count). The molecule has 19 heavy (non-hydrogen) atoms. The lowest BCUT2D eigenvalue weighted by atomic mass is 10.1. The third-order valence-corrected chi connectivity index (χ3v) is 2.82. The van der Waals surface area contributed by atoms with Crippen LogP contribution in [0.1, 0.15) is 5.56 Å². The molecule has 0 spiro atoms. The lowest BCUT2D eigenvalue weighted by Crippen LogP contribution is -2.06. The first kappa shape index (κ1) is 11.7. The quantitative estimate of drug-likeness (QED) is 0.712. The number of fused-ring (bicyclic) bond motifs is 2. The fraction of sp³-hybridized carbons (Fsp3) is 0.143. The average molecular weight is 257 g/mol. The van der Waals surface area contributed by atoms with Crippen LogP contribution in [0, 0.1) is 0 Å². The Morgan fingerprint density at radius 3 is 2.95 bits per heavy atom. The van der Waals surface area contributed by atoms with Gasteiger partial charge in [0.1, 0.15) is 17.0 Å². The number of hydrogen-bond donors (Lipinski definition) is 1. The molecule has 0 radical (unpaired) electrons. The van der Waals surface area contributed by atoms with Gasteiger partial charge in [-0.3, -0.25) is 4.79 Å². The minimum absolute atomic E-state index is 0.0905. The van der Waals surface area contributed by atoms with Crippen LogP contribution in [0.2, 0.25) is 0 Å². The maximum Gasteiger partial charge on any atom is 0.182 e. The van der Waals surface area contributed by atoms with Crippen LogP contribution in [0.5, 0.6) is 5.75 Å². The summed E-state index contributed by atoms with van der Waals surface area (Å²) in [6.07, 6.45) is 0. The van der Waals surface area contributed by atoms with Gasteiger partial charge in [-0.05, 0) is 18.2 Å². The third kappa shape index (κ3) is 2.04. The first-order chi connectivity index (χ1) is 9.17. The molecule has 1 aromatic carbocycles. The average Bonchev–Trinajstić information content (AvgIpc) is 2.37. The van der Waals surface area contributed by atoms with Gasteiger partial charge in [0.05, 0.1) is 6.61 Å². The highest BCUT2D eigenvalue weighted by molar-refractivity contribution is 5.78. The van der Waals surface area contributed by atoms with Crippen LogP contribution < -0.4 is 5.43 Å². The summed E-state index contributed by atoms with van der Waals surface area (Å²) < 4.78 is 10.7. The van der Waals surface area contributed by atoms with Crippen molar-refractivity contribution in [3.63, 3.8) is 0 Å². The summed E-state index contributed by atoms with van der Waals surface area (Å²) >= 11 is 0. The molecule has 0 saturated carbocycles. The van der Waals surface area contributed by atoms with Crippen LogP contribution in [-0.4, -0.2) is 17.2 Å². The number of aromatic hydroxyl groups is 1. The number of aromatic nitrogens is 1. The molecule has 1 N–H and O–H groups in total. The van der Waals surface area contributed by atoms with Crippen LogP contribution in [-0.2, 0) is 11.3 Å². The SMILES string of the molecule is COCc1cc(=O)cc2oc3cc(O)ccc3nc1-2. The van der Waals surface area contributed by atoms with Crippen molar-refractivity contribution in [2.75, 3.05) is 7.11 Å². The van der Waals surface area contributed by atoms with Crippen molar-refractivity contribution in [1.82, 2.24) is 4.98 Å². The zero-order chi connectivity index (χ0) is 13.4. The molecule has 1 aliphatic heterocycles. The Bertz CT molecular complexity index is 778. The largest absolute Gasteiger partial charge is 0.508 e. The van der Waals surface area contributed by atoms with Gasteiger partial charge in [0, 0.05) is 24.8 Å². The van der Waals surface area contributed by atoms with Crippen LogP contribution in [0.3, 0.4) is 0 Å². The molecule has 96 valence electrons. The summed E-state index contributed by atoms with van der Waals surface area (Å²) in [5, 5.41) is 9.43. The van der Waals surface area contributed by atoms with E-state index in [0.717, 1.165) is 0 Å². The predicted octanol–water partition coefficient (Wildman–Crippen LogP) is 2.14. The number of nitrogens with zero attached hydrogens (tertiary/aromatic N) is 1. The molecule has 0 saturated heterocycles. The second kappa shape index (κ2) is 4.37. The van der Waals surface area contributed by atoms with Gasteiger partial charge in [-0.15, -0.1) is 0 Å². The topological polar surface area (TPSA) is 72.6 Å². The van der Waals surface area contributed by atoms with E-state index in [1.54, 1.807) is 13.2 Å². The minimum atomic E-state index is -0.162. The number of phenols is 1. The fourth-order valence-electron chi connectivity index (χ4n) is 2.02. The Labute approximate surface area is 108 Å². The van der Waals surface area contributed by atoms with Gasteiger partial charge >= 0.3 is 0 Å². The molecule has 5 heteroatoms. The van der Waals surface area contributed by atoms with Gasteiger partial charge in [0.2, 0.25) is 0 Å². The molecule has 0 atom stereocenters. The van der Waals surface area contributed by atoms with Gasteiger partial charge in [0.25, 0.3) is 0 Å². The monoisotopic (exact) mass is 257 g/mol. The van der Waals surface area contributed by atoms with Crippen LogP contribution in [0.4, 0.5) is 0 Å². The number of benzene rings is 2. The minimum Gasteiger partial charge on any atom is -0.508 e. The van der Waals surface area contributed by atoms with Crippen LogP contribution in [0.15, 0.2) is 39.5 Å². The fourth-order valence-corrected chi connectivity index (χ4v) is 2.02. The number of hydrogen-bond acceptors (Lipinski definition) is 5. The second-order valence-corrected chi connectivity index (χ2v) is 4.23. The normalized spacial score (nSPS) is 11.2. The molecular formula is C14H11NO4. The molecule has 0 aromatic heterocycles. The van der Waals surface area contributed by atoms with Gasteiger partial charge in [-0.25, -0.2) is 4.98 Å². The molecule has 0 fully saturated rings. The Kier molecular flexibility index (Phi) is 2.68. The van der Waals surface area contributed by atoms with E-state index in [-0.39, 0.29) is 11.2 Å². The van der Waals surface area contributed by atoms with Crippen molar-refractivity contribution in [3.8, 4) is 17.2 Å². The molecule has 1 aliphatic carbocycles. The lowest BCUT2D eigenvalue weighted by molar-refractivity contribution is 0.185. The lowest BCUT2D eigenvalue weighted by Gasteiger charge is -2.10. The first-order valence-corrected chi connectivity index (χ1v) is 5.73. The van der Waals surface area contributed by atoms with E-state index in [1.165, 1.54) is 24.3 Å². The number of phenolic OH excluding ortho intramolecular Hbond substituents is 1. The number of rotatable bonds is 2. The van der Waals surface area contributed by atoms with Gasteiger partial charge < -0.3 is 14.3 Å². The van der Waals surface area contributed by atoms with Crippen molar-refractivity contribution in [3.05, 3.63) is 46.1 Å². The summed E-state index contributed by atoms with van der Waals surface area (Å²) in [6, 6.07) is 7.53. The summed E-state index contributed by atoms with van der Waals surface area (Å²) in [7, 11) is 1.56. The zero-order valence-corrected chi connectivity index (χ0v) is 10.2. The number of methoxy groups -OCH3 is 1. The van der Waals surface area contributed by atoms with Gasteiger partial charge in [0.15, 0.2) is 16.8 Å². The standard InChI is InChI=1S/C14H11NO4/c1-18-7-8-4-10(17)6-13-14(8)15-11-3-2-9(16)5-12(11)19-13/h2-6,16H,7H2,1H3. The molecule has 0 unspecified atom stereocenters. The highest BCUT2D eigenvalue weighted by Gasteiger charge is 2.15. The molecule has 2 aliphatic rings. The first-order valence-electron chi connectivity index (χ1n) is 5.73. The summed E-state index contributed by atoms with van der Waals surface area (Å²) in [5.41, 5.74) is 2.16. The van der Waals surface area contributed by atoms with Gasteiger partial charge in [-0.2, -0.15) is 0 Å². The van der Waals surface area contributed by atoms with E-state index in [0.29, 0.717) is 34.7 Å². The Balaban J connectivity index is 2.37. The van der Waals surface area contributed by atoms with Crippen molar-refractivity contribution in [2.24, 2.45) is 0 Å². The predicted molar refractivity (Wildman–Crippen MR) is 69.3 cm³/mol. The van der Waals surface area contributed by atoms with E-state index in [1.807, 2.05) is 0 Å². The maximum absolute atomic E-state index is 11.6. The number of ether oxygens (including phenoxy) is 1. The smallest absolute Gasteiger partial charge is 0.182 e. The van der Waals surface area contributed by atoms with Crippen molar-refractivity contribution in [1.29, 1.82) is 0 Å². The van der Waals surface area contributed by atoms with Crippen molar-refractivity contribution >= 4 is 11.1 Å². The maximum atomic E-state index is 11.6. The van der Waals surface area contributed by atoms with Gasteiger partial charge in [-0.1, -0.05) is 0 Å². The van der Waals surface area contributed by atoms with E-state index >= 15 is 0 Å². The summed E-state index contributed by atoms with van der Waals surface area (Å²) in [6.45, 7) is 0.290. The van der Waals surface area contributed by atoms with E-state index in [9.17, 15) is 9.90 Å². The molecular weight excluding hydrogens is 246 g/mol. The molecule has 0 amide bonds.